The average Bonchev–Trinajstić information content (AvgIpc) is 2.96. The van der Waals surface area contributed by atoms with Gasteiger partial charge in [-0.05, 0) is 19.1 Å². The van der Waals surface area contributed by atoms with Crippen LogP contribution in [-0.4, -0.2) is 43.8 Å². The number of amides is 1. The third-order valence-corrected chi connectivity index (χ3v) is 5.49. The number of aromatic nitrogens is 2. The topological polar surface area (TPSA) is 120 Å². The van der Waals surface area contributed by atoms with Crippen LogP contribution in [0, 0.1) is 0 Å². The van der Waals surface area contributed by atoms with Gasteiger partial charge in [-0.25, -0.2) is 8.42 Å². The maximum absolute atomic E-state index is 12.5. The lowest BCUT2D eigenvalue weighted by Gasteiger charge is -2.14. The molecular weight excluding hydrogens is 368 g/mol. The quantitative estimate of drug-likeness (QED) is 0.789. The molecule has 0 saturated heterocycles. The van der Waals surface area contributed by atoms with Crippen LogP contribution < -0.4 is 19.5 Å². The molecule has 2 heterocycles. The van der Waals surface area contributed by atoms with Crippen molar-refractivity contribution in [3.8, 4) is 11.5 Å². The Morgan fingerprint density at radius 1 is 1.28 bits per heavy atom. The van der Waals surface area contributed by atoms with Crippen LogP contribution in [0.1, 0.15) is 13.3 Å². The van der Waals surface area contributed by atoms with E-state index in [0.717, 1.165) is 17.8 Å². The molecule has 3 rings (SSSR count). The maximum Gasteiger partial charge on any atom is 0.244 e. The number of rotatable bonds is 5. The summed E-state index contributed by atoms with van der Waals surface area (Å²) in [6.45, 7) is 2.40. The number of anilines is 1. The van der Waals surface area contributed by atoms with Crippen LogP contribution in [0.15, 0.2) is 28.6 Å². The van der Waals surface area contributed by atoms with Crippen LogP contribution >= 0.6 is 11.3 Å². The highest BCUT2D eigenvalue weighted by Crippen LogP contribution is 2.31. The summed E-state index contributed by atoms with van der Waals surface area (Å²) in [4.78, 5) is 12.0. The van der Waals surface area contributed by atoms with Gasteiger partial charge < -0.3 is 9.47 Å². The SMILES string of the molecule is C[C@H](NS(=O)(=O)c1ccc2c(c1)OCCCO2)C(=O)Nc1nncs1. The highest BCUT2D eigenvalue weighted by atomic mass is 32.2. The summed E-state index contributed by atoms with van der Waals surface area (Å²) in [6, 6.07) is 3.34. The fraction of sp³-hybridized carbons (Fsp3) is 0.357. The van der Waals surface area contributed by atoms with E-state index in [0.29, 0.717) is 29.8 Å². The van der Waals surface area contributed by atoms with Crippen molar-refractivity contribution in [1.82, 2.24) is 14.9 Å². The molecule has 0 unspecified atom stereocenters. The fourth-order valence-corrected chi connectivity index (χ4v) is 3.77. The zero-order valence-electron chi connectivity index (χ0n) is 13.3. The summed E-state index contributed by atoms with van der Waals surface area (Å²) in [5.41, 5.74) is 1.46. The van der Waals surface area contributed by atoms with Gasteiger partial charge in [-0.2, -0.15) is 4.72 Å². The van der Waals surface area contributed by atoms with Gasteiger partial charge in [0, 0.05) is 12.5 Å². The Kier molecular flexibility index (Phi) is 5.16. The highest BCUT2D eigenvalue weighted by Gasteiger charge is 2.24. The minimum atomic E-state index is -3.91. The second-order valence-corrected chi connectivity index (χ2v) is 7.78. The van der Waals surface area contributed by atoms with E-state index in [9.17, 15) is 13.2 Å². The number of nitrogens with one attached hydrogen (secondary N) is 2. The number of hydrogen-bond acceptors (Lipinski definition) is 8. The molecule has 1 aliphatic heterocycles. The monoisotopic (exact) mass is 384 g/mol. The summed E-state index contributed by atoms with van der Waals surface area (Å²) in [5, 5.41) is 10.1. The lowest BCUT2D eigenvalue weighted by Crippen LogP contribution is -2.41. The Hall–Kier alpha value is -2.24. The van der Waals surface area contributed by atoms with Crippen molar-refractivity contribution in [1.29, 1.82) is 0 Å². The van der Waals surface area contributed by atoms with Gasteiger partial charge in [-0.15, -0.1) is 10.2 Å². The molecule has 9 nitrogen and oxygen atoms in total. The zero-order valence-corrected chi connectivity index (χ0v) is 14.9. The number of hydrogen-bond donors (Lipinski definition) is 2. The maximum atomic E-state index is 12.5. The minimum Gasteiger partial charge on any atom is -0.490 e. The van der Waals surface area contributed by atoms with Crippen molar-refractivity contribution in [3.63, 3.8) is 0 Å². The molecule has 11 heteroatoms. The third-order valence-electron chi connectivity index (χ3n) is 3.34. The number of fused-ring (bicyclic) bond motifs is 1. The molecule has 0 saturated carbocycles. The summed E-state index contributed by atoms with van der Waals surface area (Å²) >= 11 is 1.14. The van der Waals surface area contributed by atoms with Crippen LogP contribution in [0.4, 0.5) is 5.13 Å². The van der Waals surface area contributed by atoms with Gasteiger partial charge in [0.15, 0.2) is 11.5 Å². The minimum absolute atomic E-state index is 0.00712. The normalized spacial score (nSPS) is 15.2. The van der Waals surface area contributed by atoms with E-state index in [4.69, 9.17) is 9.47 Å². The van der Waals surface area contributed by atoms with Crippen molar-refractivity contribution in [2.75, 3.05) is 18.5 Å². The molecule has 1 aliphatic rings. The molecule has 1 amide bonds. The first kappa shape index (κ1) is 17.6. The number of nitrogens with zero attached hydrogens (tertiary/aromatic N) is 2. The molecule has 1 aromatic carbocycles. The van der Waals surface area contributed by atoms with E-state index in [1.54, 1.807) is 6.07 Å². The summed E-state index contributed by atoms with van der Waals surface area (Å²) in [5.74, 6) is 0.333. The fourth-order valence-electron chi connectivity index (χ4n) is 2.11. The molecule has 0 spiro atoms. The van der Waals surface area contributed by atoms with Crippen molar-refractivity contribution >= 4 is 32.4 Å². The Morgan fingerprint density at radius 2 is 2.04 bits per heavy atom. The standard InChI is InChI=1S/C14H16N4O5S2/c1-9(13(19)16-14-17-15-8-24-14)18-25(20,21)10-3-4-11-12(7-10)23-6-2-5-22-11/h3-4,7-9,18H,2,5-6H2,1H3,(H,16,17,19)/t9-/m0/s1. The summed E-state index contributed by atoms with van der Waals surface area (Å²) < 4.78 is 38.3. The smallest absolute Gasteiger partial charge is 0.244 e. The molecule has 0 bridgehead atoms. The van der Waals surface area contributed by atoms with Crippen LogP contribution in [0.5, 0.6) is 11.5 Å². The third kappa shape index (κ3) is 4.24. The first-order valence-electron chi connectivity index (χ1n) is 7.45. The second-order valence-electron chi connectivity index (χ2n) is 5.24. The summed E-state index contributed by atoms with van der Waals surface area (Å²) in [6.07, 6.45) is 0.720. The van der Waals surface area contributed by atoms with Gasteiger partial charge in [0.25, 0.3) is 0 Å². The molecule has 0 aliphatic carbocycles. The van der Waals surface area contributed by atoms with E-state index >= 15 is 0 Å². The van der Waals surface area contributed by atoms with E-state index in [-0.39, 0.29) is 4.90 Å². The predicted octanol–water partition coefficient (Wildman–Crippen LogP) is 1.00. The molecule has 1 atom stereocenters. The van der Waals surface area contributed by atoms with Gasteiger partial charge in [-0.3, -0.25) is 10.1 Å². The van der Waals surface area contributed by atoms with Crippen LogP contribution in [0.25, 0.3) is 0 Å². The molecule has 134 valence electrons. The van der Waals surface area contributed by atoms with E-state index in [1.807, 2.05) is 0 Å². The Balaban J connectivity index is 1.72. The van der Waals surface area contributed by atoms with Crippen molar-refractivity contribution < 1.29 is 22.7 Å². The Morgan fingerprint density at radius 3 is 2.76 bits per heavy atom. The Labute approximate surface area is 148 Å². The molecule has 0 fully saturated rings. The van der Waals surface area contributed by atoms with Gasteiger partial charge in [-0.1, -0.05) is 11.3 Å². The van der Waals surface area contributed by atoms with Crippen molar-refractivity contribution in [2.45, 2.75) is 24.3 Å². The van der Waals surface area contributed by atoms with E-state index < -0.39 is 22.0 Å². The average molecular weight is 384 g/mol. The van der Waals surface area contributed by atoms with E-state index in [2.05, 4.69) is 20.2 Å². The zero-order chi connectivity index (χ0) is 17.9. The van der Waals surface area contributed by atoms with Crippen LogP contribution in [0.3, 0.4) is 0 Å². The Bertz CT molecular complexity index is 854. The predicted molar refractivity (Wildman–Crippen MR) is 90.4 cm³/mol. The lowest BCUT2D eigenvalue weighted by atomic mass is 10.3. The molecule has 1 aromatic heterocycles. The van der Waals surface area contributed by atoms with Crippen molar-refractivity contribution in [3.05, 3.63) is 23.7 Å². The molecule has 25 heavy (non-hydrogen) atoms. The number of benzene rings is 1. The number of ether oxygens (including phenoxy) is 2. The van der Waals surface area contributed by atoms with Gasteiger partial charge in [0.2, 0.25) is 21.1 Å². The molecule has 0 radical (unpaired) electrons. The first-order valence-corrected chi connectivity index (χ1v) is 9.81. The van der Waals surface area contributed by atoms with Crippen LogP contribution in [-0.2, 0) is 14.8 Å². The van der Waals surface area contributed by atoms with Gasteiger partial charge in [0.1, 0.15) is 5.51 Å². The van der Waals surface area contributed by atoms with E-state index in [1.165, 1.54) is 24.6 Å². The molecular formula is C14H16N4O5S2. The number of sulfonamides is 1. The van der Waals surface area contributed by atoms with Crippen LogP contribution in [0.2, 0.25) is 0 Å². The number of carbonyl (C=O) groups is 1. The van der Waals surface area contributed by atoms with Crippen molar-refractivity contribution in [2.24, 2.45) is 0 Å². The number of carbonyl (C=O) groups excluding carboxylic acids is 1. The first-order chi connectivity index (χ1) is 12.0. The largest absolute Gasteiger partial charge is 0.490 e. The molecule has 2 N–H and O–H groups in total. The lowest BCUT2D eigenvalue weighted by molar-refractivity contribution is -0.117. The van der Waals surface area contributed by atoms with Gasteiger partial charge >= 0.3 is 0 Å². The second kappa shape index (κ2) is 7.33. The highest BCUT2D eigenvalue weighted by molar-refractivity contribution is 7.89. The van der Waals surface area contributed by atoms with Gasteiger partial charge in [0.05, 0.1) is 24.2 Å². The molecule has 2 aromatic rings. The summed E-state index contributed by atoms with van der Waals surface area (Å²) in [7, 11) is -3.91.